The van der Waals surface area contributed by atoms with Crippen LogP contribution in [0.3, 0.4) is 0 Å². The van der Waals surface area contributed by atoms with Gasteiger partial charge in [0.05, 0.1) is 16.1 Å². The highest BCUT2D eigenvalue weighted by Crippen LogP contribution is 2.39. The summed E-state index contributed by atoms with van der Waals surface area (Å²) >= 11 is 12.4. The Balaban J connectivity index is 1.87. The highest BCUT2D eigenvalue weighted by molar-refractivity contribution is 6.35. The van der Waals surface area contributed by atoms with E-state index in [1.165, 1.54) is 0 Å². The molecule has 134 valence electrons. The zero-order valence-electron chi connectivity index (χ0n) is 14.0. The first-order valence-corrected chi connectivity index (χ1v) is 8.93. The van der Waals surface area contributed by atoms with Gasteiger partial charge in [-0.25, -0.2) is 4.98 Å². The Hall–Kier alpha value is -2.89. The van der Waals surface area contributed by atoms with Gasteiger partial charge >= 0.3 is 0 Å². The number of nitrogens with one attached hydrogen (secondary N) is 1. The third kappa shape index (κ3) is 3.52. The molecule has 0 amide bonds. The maximum absolute atomic E-state index is 10.9. The number of nitrogens with zero attached hydrogens (tertiary/aromatic N) is 3. The van der Waals surface area contributed by atoms with Crippen molar-refractivity contribution in [1.29, 1.82) is 0 Å². The standard InChI is InChI=1S/C20H14Cl2N4O/c21-13-3-4-17(25-11-13)26-18(12-5-8-23-9-6-12)15-10-16(22)14-2-1-7-24-19(14)20(15)27/h1-11,18,27H,(H,25,26). The predicted octanol–water partition coefficient (Wildman–Crippen LogP) is 5.24. The molecular weight excluding hydrogens is 383 g/mol. The Kier molecular flexibility index (Phi) is 4.79. The van der Waals surface area contributed by atoms with Gasteiger partial charge in [0.1, 0.15) is 17.1 Å². The average molecular weight is 397 g/mol. The fourth-order valence-corrected chi connectivity index (χ4v) is 3.31. The Bertz CT molecular complexity index is 1090. The molecule has 2 N–H and O–H groups in total. The molecule has 0 saturated carbocycles. The van der Waals surface area contributed by atoms with E-state index in [0.29, 0.717) is 32.3 Å². The van der Waals surface area contributed by atoms with Crippen LogP contribution in [-0.4, -0.2) is 20.1 Å². The largest absolute Gasteiger partial charge is 0.505 e. The van der Waals surface area contributed by atoms with Crippen molar-refractivity contribution < 1.29 is 5.11 Å². The van der Waals surface area contributed by atoms with Crippen LogP contribution in [-0.2, 0) is 0 Å². The van der Waals surface area contributed by atoms with Gasteiger partial charge in [0.2, 0.25) is 0 Å². The van der Waals surface area contributed by atoms with Crippen molar-refractivity contribution in [2.24, 2.45) is 0 Å². The maximum atomic E-state index is 10.9. The van der Waals surface area contributed by atoms with E-state index in [0.717, 1.165) is 5.56 Å². The molecule has 1 unspecified atom stereocenters. The van der Waals surface area contributed by atoms with Crippen LogP contribution in [0.1, 0.15) is 17.2 Å². The summed E-state index contributed by atoms with van der Waals surface area (Å²) in [5.74, 6) is 0.677. The molecule has 27 heavy (non-hydrogen) atoms. The lowest BCUT2D eigenvalue weighted by Gasteiger charge is -2.22. The lowest BCUT2D eigenvalue weighted by atomic mass is 9.97. The van der Waals surface area contributed by atoms with Crippen molar-refractivity contribution in [3.63, 3.8) is 0 Å². The number of phenols is 1. The molecule has 1 aromatic carbocycles. The van der Waals surface area contributed by atoms with Crippen molar-refractivity contribution >= 4 is 39.9 Å². The fraction of sp³-hybridized carbons (Fsp3) is 0.0500. The summed E-state index contributed by atoms with van der Waals surface area (Å²) in [7, 11) is 0. The number of phenolic OH excluding ortho intramolecular Hbond substituents is 1. The van der Waals surface area contributed by atoms with Crippen LogP contribution in [0.25, 0.3) is 10.9 Å². The fourth-order valence-electron chi connectivity index (χ4n) is 2.93. The Morgan fingerprint density at radius 1 is 0.963 bits per heavy atom. The summed E-state index contributed by atoms with van der Waals surface area (Å²) in [5, 5.41) is 16.0. The summed E-state index contributed by atoms with van der Waals surface area (Å²) in [6.45, 7) is 0. The third-order valence-electron chi connectivity index (χ3n) is 4.22. The van der Waals surface area contributed by atoms with Gasteiger partial charge in [-0.2, -0.15) is 0 Å². The molecule has 0 aliphatic carbocycles. The number of halogens is 2. The third-order valence-corrected chi connectivity index (χ3v) is 4.75. The van der Waals surface area contributed by atoms with Crippen molar-refractivity contribution in [3.05, 3.63) is 88.4 Å². The van der Waals surface area contributed by atoms with E-state index in [2.05, 4.69) is 20.3 Å². The van der Waals surface area contributed by atoms with Gasteiger partial charge in [0.15, 0.2) is 0 Å². The average Bonchev–Trinajstić information content (AvgIpc) is 2.71. The highest BCUT2D eigenvalue weighted by atomic mass is 35.5. The zero-order chi connectivity index (χ0) is 18.8. The van der Waals surface area contributed by atoms with E-state index >= 15 is 0 Å². The van der Waals surface area contributed by atoms with Gasteiger partial charge in [0.25, 0.3) is 0 Å². The number of anilines is 1. The van der Waals surface area contributed by atoms with Gasteiger partial charge in [-0.3, -0.25) is 9.97 Å². The summed E-state index contributed by atoms with van der Waals surface area (Å²) in [6, 6.07) is 12.2. The second-order valence-electron chi connectivity index (χ2n) is 5.92. The van der Waals surface area contributed by atoms with Crippen LogP contribution in [0.4, 0.5) is 5.82 Å². The first-order chi connectivity index (χ1) is 13.1. The minimum atomic E-state index is -0.411. The molecule has 7 heteroatoms. The molecule has 0 fully saturated rings. The van der Waals surface area contributed by atoms with E-state index in [-0.39, 0.29) is 5.75 Å². The zero-order valence-corrected chi connectivity index (χ0v) is 15.5. The van der Waals surface area contributed by atoms with Gasteiger partial charge in [-0.15, -0.1) is 0 Å². The number of hydrogen-bond acceptors (Lipinski definition) is 5. The van der Waals surface area contributed by atoms with E-state index in [9.17, 15) is 5.11 Å². The second kappa shape index (κ2) is 7.39. The molecule has 0 radical (unpaired) electrons. The normalized spacial score (nSPS) is 12.1. The summed E-state index contributed by atoms with van der Waals surface area (Å²) in [5.41, 5.74) is 1.93. The molecule has 3 aromatic heterocycles. The van der Waals surface area contributed by atoms with Crippen molar-refractivity contribution in [2.75, 3.05) is 5.32 Å². The Labute approximate surface area is 165 Å². The summed E-state index contributed by atoms with van der Waals surface area (Å²) in [6.07, 6.45) is 6.56. The minimum absolute atomic E-state index is 0.0678. The maximum Gasteiger partial charge on any atom is 0.147 e. The van der Waals surface area contributed by atoms with Gasteiger partial charge < -0.3 is 10.4 Å². The highest BCUT2D eigenvalue weighted by Gasteiger charge is 2.22. The van der Waals surface area contributed by atoms with Crippen LogP contribution in [0.15, 0.2) is 67.3 Å². The molecule has 0 aliphatic heterocycles. The van der Waals surface area contributed by atoms with Gasteiger partial charge in [-0.05, 0) is 48.0 Å². The summed E-state index contributed by atoms with van der Waals surface area (Å²) < 4.78 is 0. The SMILES string of the molecule is Oc1c(C(Nc2ccc(Cl)cn2)c2ccncc2)cc(Cl)c2cccnc12. The second-order valence-corrected chi connectivity index (χ2v) is 6.76. The van der Waals surface area contributed by atoms with Crippen molar-refractivity contribution in [1.82, 2.24) is 15.0 Å². The lowest BCUT2D eigenvalue weighted by Crippen LogP contribution is -2.14. The number of hydrogen-bond donors (Lipinski definition) is 2. The van der Waals surface area contributed by atoms with Crippen LogP contribution >= 0.6 is 23.2 Å². The van der Waals surface area contributed by atoms with Gasteiger partial charge in [-0.1, -0.05) is 23.2 Å². The molecule has 4 rings (SSSR count). The molecule has 5 nitrogen and oxygen atoms in total. The lowest BCUT2D eigenvalue weighted by molar-refractivity contribution is 0.471. The number of fused-ring (bicyclic) bond motifs is 1. The molecule has 0 bridgehead atoms. The molecular formula is C20H14Cl2N4O. The number of rotatable bonds is 4. The van der Waals surface area contributed by atoms with Crippen LogP contribution in [0, 0.1) is 0 Å². The first kappa shape index (κ1) is 17.5. The van der Waals surface area contributed by atoms with E-state index in [4.69, 9.17) is 23.2 Å². The molecule has 4 aromatic rings. The Morgan fingerprint density at radius 3 is 2.52 bits per heavy atom. The monoisotopic (exact) mass is 396 g/mol. The summed E-state index contributed by atoms with van der Waals surface area (Å²) in [4.78, 5) is 12.7. The molecule has 0 aliphatic rings. The van der Waals surface area contributed by atoms with Crippen LogP contribution < -0.4 is 5.32 Å². The molecule has 0 spiro atoms. The number of aromatic nitrogens is 3. The number of aromatic hydroxyl groups is 1. The topological polar surface area (TPSA) is 70.9 Å². The van der Waals surface area contributed by atoms with Gasteiger partial charge in [0, 0.05) is 35.7 Å². The Morgan fingerprint density at radius 2 is 1.78 bits per heavy atom. The molecule has 0 saturated heterocycles. The smallest absolute Gasteiger partial charge is 0.147 e. The van der Waals surface area contributed by atoms with E-state index in [1.54, 1.807) is 49.1 Å². The first-order valence-electron chi connectivity index (χ1n) is 8.17. The van der Waals surface area contributed by atoms with Crippen LogP contribution in [0.2, 0.25) is 10.0 Å². The number of pyridine rings is 3. The van der Waals surface area contributed by atoms with Crippen molar-refractivity contribution in [2.45, 2.75) is 6.04 Å². The molecule has 3 heterocycles. The quantitative estimate of drug-likeness (QED) is 0.493. The van der Waals surface area contributed by atoms with Crippen LogP contribution in [0.5, 0.6) is 5.75 Å². The number of benzene rings is 1. The molecule has 1 atom stereocenters. The van der Waals surface area contributed by atoms with E-state index < -0.39 is 6.04 Å². The van der Waals surface area contributed by atoms with E-state index in [1.807, 2.05) is 18.2 Å². The predicted molar refractivity (Wildman–Crippen MR) is 107 cm³/mol. The van der Waals surface area contributed by atoms with Crippen molar-refractivity contribution in [3.8, 4) is 5.75 Å². The minimum Gasteiger partial charge on any atom is -0.505 e.